The number of nitrogens with one attached hydrogen (secondary N) is 2. The van der Waals surface area contributed by atoms with Crippen LogP contribution in [0.5, 0.6) is 5.75 Å². The highest BCUT2D eigenvalue weighted by atomic mass is 16.5. The summed E-state index contributed by atoms with van der Waals surface area (Å²) < 4.78 is 5.19. The standard InChI is InChI=1S/C17H26N6O2/c1-5-6-7-17(3,10-20-11(2)24)23-15-14-13(21-16(18)22-15)8-12(25-4)9-19-14/h8-9H,5-7,10H2,1-4H3,(H,20,24)(H3,18,21,22,23). The maximum atomic E-state index is 11.3. The highest BCUT2D eigenvalue weighted by Crippen LogP contribution is 2.26. The van der Waals surface area contributed by atoms with Crippen molar-refractivity contribution in [2.45, 2.75) is 45.6 Å². The van der Waals surface area contributed by atoms with Gasteiger partial charge in [0, 0.05) is 19.5 Å². The summed E-state index contributed by atoms with van der Waals surface area (Å²) in [6.07, 6.45) is 4.55. The van der Waals surface area contributed by atoms with Gasteiger partial charge in [-0.1, -0.05) is 19.8 Å². The zero-order valence-electron chi connectivity index (χ0n) is 15.2. The molecule has 0 aliphatic rings. The molecule has 0 radical (unpaired) electrons. The number of methoxy groups -OCH3 is 1. The highest BCUT2D eigenvalue weighted by molar-refractivity contribution is 5.87. The summed E-state index contributed by atoms with van der Waals surface area (Å²) in [4.78, 5) is 24.3. The molecule has 1 atom stereocenters. The number of pyridine rings is 1. The number of aromatic nitrogens is 3. The Hall–Kier alpha value is -2.64. The Balaban J connectivity index is 2.38. The van der Waals surface area contributed by atoms with E-state index in [-0.39, 0.29) is 17.4 Å². The number of nitrogens with zero attached hydrogens (tertiary/aromatic N) is 3. The van der Waals surface area contributed by atoms with Gasteiger partial charge in [-0.25, -0.2) is 9.97 Å². The zero-order chi connectivity index (χ0) is 18.4. The van der Waals surface area contributed by atoms with Crippen molar-refractivity contribution in [2.75, 3.05) is 24.7 Å². The molecule has 4 N–H and O–H groups in total. The molecule has 0 saturated heterocycles. The van der Waals surface area contributed by atoms with E-state index in [1.807, 2.05) is 6.92 Å². The number of unbranched alkanes of at least 4 members (excludes halogenated alkanes) is 1. The van der Waals surface area contributed by atoms with E-state index >= 15 is 0 Å². The number of carbonyl (C=O) groups is 1. The SMILES string of the molecule is CCCCC(C)(CNC(C)=O)Nc1nc(N)nc2cc(OC)cnc12. The first-order valence-electron chi connectivity index (χ1n) is 8.37. The Kier molecular flexibility index (Phi) is 5.95. The molecule has 2 rings (SSSR count). The van der Waals surface area contributed by atoms with Gasteiger partial charge in [0.05, 0.1) is 18.8 Å². The molecule has 2 aromatic heterocycles. The number of carbonyl (C=O) groups excluding carboxylic acids is 1. The number of fused-ring (bicyclic) bond motifs is 1. The summed E-state index contributed by atoms with van der Waals surface area (Å²) in [7, 11) is 1.57. The van der Waals surface area contributed by atoms with E-state index in [4.69, 9.17) is 10.5 Å². The van der Waals surface area contributed by atoms with Crippen LogP contribution in [0, 0.1) is 0 Å². The molecule has 0 aliphatic carbocycles. The van der Waals surface area contributed by atoms with Crippen LogP contribution in [0.2, 0.25) is 0 Å². The van der Waals surface area contributed by atoms with Gasteiger partial charge in [-0.05, 0) is 13.3 Å². The minimum Gasteiger partial charge on any atom is -0.495 e. The predicted octanol–water partition coefficient (Wildman–Crippen LogP) is 2.11. The Morgan fingerprint density at radius 1 is 1.40 bits per heavy atom. The number of amides is 1. The van der Waals surface area contributed by atoms with E-state index < -0.39 is 0 Å². The normalized spacial score (nSPS) is 13.3. The first-order chi connectivity index (χ1) is 11.9. The van der Waals surface area contributed by atoms with Crippen molar-refractivity contribution in [2.24, 2.45) is 0 Å². The Labute approximate surface area is 147 Å². The minimum absolute atomic E-state index is 0.0700. The maximum Gasteiger partial charge on any atom is 0.222 e. The van der Waals surface area contributed by atoms with Crippen molar-refractivity contribution in [1.82, 2.24) is 20.3 Å². The van der Waals surface area contributed by atoms with Gasteiger partial charge in [0.2, 0.25) is 11.9 Å². The van der Waals surface area contributed by atoms with E-state index in [0.29, 0.717) is 29.1 Å². The second-order valence-electron chi connectivity index (χ2n) is 6.37. The molecule has 2 heterocycles. The molecule has 0 aromatic carbocycles. The largest absolute Gasteiger partial charge is 0.495 e. The minimum atomic E-state index is -0.378. The van der Waals surface area contributed by atoms with Gasteiger partial charge in [0.1, 0.15) is 16.8 Å². The molecule has 8 heteroatoms. The van der Waals surface area contributed by atoms with Crippen molar-refractivity contribution in [3.63, 3.8) is 0 Å². The molecule has 8 nitrogen and oxygen atoms in total. The number of anilines is 2. The van der Waals surface area contributed by atoms with Crippen molar-refractivity contribution >= 4 is 28.7 Å². The molecule has 0 aliphatic heterocycles. The molecule has 0 bridgehead atoms. The second-order valence-corrected chi connectivity index (χ2v) is 6.37. The average Bonchev–Trinajstić information content (AvgIpc) is 2.57. The fraction of sp³-hybridized carbons (Fsp3) is 0.529. The smallest absolute Gasteiger partial charge is 0.222 e. The fourth-order valence-corrected chi connectivity index (χ4v) is 2.58. The van der Waals surface area contributed by atoms with Crippen molar-refractivity contribution < 1.29 is 9.53 Å². The third-order valence-corrected chi connectivity index (χ3v) is 3.99. The van der Waals surface area contributed by atoms with E-state index in [1.54, 1.807) is 19.4 Å². The van der Waals surface area contributed by atoms with Gasteiger partial charge in [-0.15, -0.1) is 0 Å². The molecule has 2 aromatic rings. The monoisotopic (exact) mass is 346 g/mol. The number of hydrogen-bond donors (Lipinski definition) is 3. The number of nitrogen functional groups attached to an aromatic ring is 1. The predicted molar refractivity (Wildman–Crippen MR) is 98.5 cm³/mol. The van der Waals surface area contributed by atoms with Crippen molar-refractivity contribution in [3.8, 4) is 5.75 Å². The van der Waals surface area contributed by atoms with Crippen LogP contribution >= 0.6 is 0 Å². The highest BCUT2D eigenvalue weighted by Gasteiger charge is 2.26. The molecule has 136 valence electrons. The lowest BCUT2D eigenvalue weighted by atomic mass is 9.94. The quantitative estimate of drug-likeness (QED) is 0.670. The van der Waals surface area contributed by atoms with Crippen LogP contribution < -0.4 is 21.1 Å². The summed E-state index contributed by atoms with van der Waals surface area (Å²) in [5.74, 6) is 1.24. The zero-order valence-corrected chi connectivity index (χ0v) is 15.2. The lowest BCUT2D eigenvalue weighted by molar-refractivity contribution is -0.119. The number of hydrogen-bond acceptors (Lipinski definition) is 7. The van der Waals surface area contributed by atoms with E-state index in [9.17, 15) is 4.79 Å². The fourth-order valence-electron chi connectivity index (χ4n) is 2.58. The molecule has 25 heavy (non-hydrogen) atoms. The van der Waals surface area contributed by atoms with Gasteiger partial charge < -0.3 is 21.1 Å². The van der Waals surface area contributed by atoms with Crippen LogP contribution in [0.25, 0.3) is 11.0 Å². The lowest BCUT2D eigenvalue weighted by Crippen LogP contribution is -2.46. The Morgan fingerprint density at radius 3 is 2.80 bits per heavy atom. The summed E-state index contributed by atoms with van der Waals surface area (Å²) in [6, 6.07) is 1.77. The molecule has 0 saturated carbocycles. The molecule has 1 amide bonds. The van der Waals surface area contributed by atoms with Gasteiger partial charge in [-0.3, -0.25) is 4.79 Å². The van der Waals surface area contributed by atoms with Gasteiger partial charge in [-0.2, -0.15) is 4.98 Å². The molecular formula is C17H26N6O2. The van der Waals surface area contributed by atoms with Crippen LogP contribution in [0.4, 0.5) is 11.8 Å². The van der Waals surface area contributed by atoms with Gasteiger partial charge >= 0.3 is 0 Å². The topological polar surface area (TPSA) is 115 Å². The maximum absolute atomic E-state index is 11.3. The molecule has 0 fully saturated rings. The average molecular weight is 346 g/mol. The third kappa shape index (κ3) is 4.91. The third-order valence-electron chi connectivity index (χ3n) is 3.99. The van der Waals surface area contributed by atoms with Crippen LogP contribution in [-0.2, 0) is 4.79 Å². The summed E-state index contributed by atoms with van der Waals surface area (Å²) >= 11 is 0. The van der Waals surface area contributed by atoms with Crippen LogP contribution in [0.15, 0.2) is 12.3 Å². The summed E-state index contributed by atoms with van der Waals surface area (Å²) in [6.45, 7) is 6.16. The van der Waals surface area contributed by atoms with E-state index in [0.717, 1.165) is 19.3 Å². The first kappa shape index (κ1) is 18.7. The number of rotatable bonds is 8. The van der Waals surface area contributed by atoms with Crippen molar-refractivity contribution in [3.05, 3.63) is 12.3 Å². The lowest BCUT2D eigenvalue weighted by Gasteiger charge is -2.32. The Bertz CT molecular complexity index is 751. The van der Waals surface area contributed by atoms with Crippen LogP contribution in [-0.4, -0.2) is 40.1 Å². The second kappa shape index (κ2) is 7.96. The number of ether oxygens (including phenoxy) is 1. The van der Waals surface area contributed by atoms with Crippen LogP contribution in [0.1, 0.15) is 40.0 Å². The van der Waals surface area contributed by atoms with E-state index in [1.165, 1.54) is 6.92 Å². The van der Waals surface area contributed by atoms with Crippen molar-refractivity contribution in [1.29, 1.82) is 0 Å². The van der Waals surface area contributed by atoms with E-state index in [2.05, 4.69) is 32.5 Å². The number of nitrogens with two attached hydrogens (primary N) is 1. The molecule has 0 spiro atoms. The van der Waals surface area contributed by atoms with Crippen LogP contribution in [0.3, 0.4) is 0 Å². The molecular weight excluding hydrogens is 320 g/mol. The Morgan fingerprint density at radius 2 is 2.16 bits per heavy atom. The summed E-state index contributed by atoms with van der Waals surface area (Å²) in [5.41, 5.74) is 6.69. The molecule has 1 unspecified atom stereocenters. The van der Waals surface area contributed by atoms with Gasteiger partial charge in [0.25, 0.3) is 0 Å². The first-order valence-corrected chi connectivity index (χ1v) is 8.37. The summed E-state index contributed by atoms with van der Waals surface area (Å²) in [5, 5.41) is 6.30. The van der Waals surface area contributed by atoms with Gasteiger partial charge in [0.15, 0.2) is 5.82 Å².